The van der Waals surface area contributed by atoms with Crippen LogP contribution in [0.2, 0.25) is 0 Å². The number of thioether (sulfide) groups is 1. The van der Waals surface area contributed by atoms with E-state index in [1.165, 1.54) is 11.8 Å². The third kappa shape index (κ3) is 2.79. The zero-order valence-corrected chi connectivity index (χ0v) is 13.1. The summed E-state index contributed by atoms with van der Waals surface area (Å²) in [7, 11) is 0. The van der Waals surface area contributed by atoms with E-state index in [0.29, 0.717) is 28.5 Å². The number of hydrogen-bond acceptors (Lipinski definition) is 5. The standard InChI is InChI=1S/C16H15N3O2S/c1-3-21-13-7-5-4-6-10(13)14-11(8-17)15(20)19-16(22-2)12(14)9-18/h4-7,11,14H,3H2,1-2H3,(H,19,20). The average molecular weight is 313 g/mol. The van der Waals surface area contributed by atoms with Crippen molar-refractivity contribution in [3.05, 3.63) is 40.4 Å². The normalized spacial score (nSPS) is 20.8. The minimum Gasteiger partial charge on any atom is -0.494 e. The van der Waals surface area contributed by atoms with Gasteiger partial charge in [0.05, 0.1) is 35.3 Å². The van der Waals surface area contributed by atoms with Gasteiger partial charge in [0.2, 0.25) is 5.91 Å². The van der Waals surface area contributed by atoms with Gasteiger partial charge in [-0.25, -0.2) is 0 Å². The lowest BCUT2D eigenvalue weighted by Crippen LogP contribution is -2.38. The Morgan fingerprint density at radius 2 is 2.09 bits per heavy atom. The van der Waals surface area contributed by atoms with Crippen LogP contribution in [-0.4, -0.2) is 18.8 Å². The van der Waals surface area contributed by atoms with Crippen molar-refractivity contribution in [2.45, 2.75) is 12.8 Å². The van der Waals surface area contributed by atoms with E-state index < -0.39 is 11.8 Å². The molecule has 0 spiro atoms. The number of nitrogens with zero attached hydrogens (tertiary/aromatic N) is 2. The zero-order valence-electron chi connectivity index (χ0n) is 12.3. The fourth-order valence-electron chi connectivity index (χ4n) is 2.49. The van der Waals surface area contributed by atoms with Gasteiger partial charge in [-0.1, -0.05) is 18.2 Å². The number of nitrogens with one attached hydrogen (secondary N) is 1. The van der Waals surface area contributed by atoms with Gasteiger partial charge in [0.15, 0.2) is 0 Å². The molecule has 2 rings (SSSR count). The summed E-state index contributed by atoms with van der Waals surface area (Å²) in [5, 5.41) is 22.1. The molecule has 0 radical (unpaired) electrons. The van der Waals surface area contributed by atoms with Gasteiger partial charge >= 0.3 is 0 Å². The fraction of sp³-hybridized carbons (Fsp3) is 0.312. The van der Waals surface area contributed by atoms with Crippen molar-refractivity contribution in [3.63, 3.8) is 0 Å². The largest absolute Gasteiger partial charge is 0.494 e. The number of allylic oxidation sites excluding steroid dienone is 1. The van der Waals surface area contributed by atoms with Gasteiger partial charge in [0.1, 0.15) is 11.7 Å². The molecule has 2 unspecified atom stereocenters. The molecule has 1 aromatic carbocycles. The highest BCUT2D eigenvalue weighted by Gasteiger charge is 2.40. The summed E-state index contributed by atoms with van der Waals surface area (Å²) in [6.07, 6.45) is 1.78. The van der Waals surface area contributed by atoms with Gasteiger partial charge in [-0.3, -0.25) is 4.79 Å². The van der Waals surface area contributed by atoms with Crippen molar-refractivity contribution in [2.24, 2.45) is 5.92 Å². The van der Waals surface area contributed by atoms with Crippen LogP contribution in [0.5, 0.6) is 5.75 Å². The molecule has 112 valence electrons. The first-order valence-corrected chi connectivity index (χ1v) is 8.00. The molecule has 2 atom stereocenters. The molecule has 0 fully saturated rings. The molecular weight excluding hydrogens is 298 g/mol. The van der Waals surface area contributed by atoms with Gasteiger partial charge in [-0.2, -0.15) is 10.5 Å². The first-order chi connectivity index (χ1) is 10.7. The summed E-state index contributed by atoms with van der Waals surface area (Å²) in [4.78, 5) is 12.2. The van der Waals surface area contributed by atoms with Crippen LogP contribution >= 0.6 is 11.8 Å². The van der Waals surface area contributed by atoms with Crippen LogP contribution in [0.15, 0.2) is 34.9 Å². The van der Waals surface area contributed by atoms with Gasteiger partial charge in [0, 0.05) is 5.56 Å². The minimum absolute atomic E-state index is 0.387. The van der Waals surface area contributed by atoms with Gasteiger partial charge in [0.25, 0.3) is 0 Å². The molecule has 0 saturated carbocycles. The van der Waals surface area contributed by atoms with E-state index in [-0.39, 0.29) is 5.91 Å². The minimum atomic E-state index is -0.952. The Kier molecular flexibility index (Phi) is 5.08. The number of carbonyl (C=O) groups excluding carboxylic acids is 1. The molecule has 6 heteroatoms. The Labute approximate surface area is 133 Å². The van der Waals surface area contributed by atoms with E-state index in [1.807, 2.05) is 25.1 Å². The smallest absolute Gasteiger partial charge is 0.243 e. The maximum atomic E-state index is 12.2. The zero-order chi connectivity index (χ0) is 16.1. The van der Waals surface area contributed by atoms with Gasteiger partial charge in [-0.15, -0.1) is 11.8 Å². The lowest BCUT2D eigenvalue weighted by molar-refractivity contribution is -0.123. The van der Waals surface area contributed by atoms with E-state index in [1.54, 1.807) is 18.4 Å². The average Bonchev–Trinajstić information content (AvgIpc) is 2.54. The van der Waals surface area contributed by atoms with Crippen LogP contribution in [0.1, 0.15) is 18.4 Å². The Bertz CT molecular complexity index is 700. The summed E-state index contributed by atoms with van der Waals surface area (Å²) in [6, 6.07) is 11.4. The number of nitriles is 2. The van der Waals surface area contributed by atoms with E-state index in [2.05, 4.69) is 11.4 Å². The number of amides is 1. The molecule has 1 aliphatic heterocycles. The molecule has 0 saturated heterocycles. The van der Waals surface area contributed by atoms with Crippen LogP contribution in [0, 0.1) is 28.6 Å². The van der Waals surface area contributed by atoms with E-state index >= 15 is 0 Å². The number of hydrogen-bond donors (Lipinski definition) is 1. The van der Waals surface area contributed by atoms with Gasteiger partial charge < -0.3 is 10.1 Å². The Morgan fingerprint density at radius 1 is 1.36 bits per heavy atom. The molecule has 5 nitrogen and oxygen atoms in total. The molecule has 0 aromatic heterocycles. The topological polar surface area (TPSA) is 85.9 Å². The molecule has 0 bridgehead atoms. The van der Waals surface area contributed by atoms with E-state index in [4.69, 9.17) is 4.74 Å². The van der Waals surface area contributed by atoms with Crippen LogP contribution in [0.25, 0.3) is 0 Å². The highest BCUT2D eigenvalue weighted by Crippen LogP contribution is 2.42. The first-order valence-electron chi connectivity index (χ1n) is 6.78. The van der Waals surface area contributed by atoms with Crippen LogP contribution in [0.3, 0.4) is 0 Å². The lowest BCUT2D eigenvalue weighted by Gasteiger charge is -2.29. The molecule has 1 aromatic rings. The number of benzene rings is 1. The SMILES string of the molecule is CCOc1ccccc1C1C(C#N)=C(SC)NC(=O)C1C#N. The third-order valence-electron chi connectivity index (χ3n) is 3.43. The number of rotatable bonds is 4. The number of ether oxygens (including phenoxy) is 1. The Balaban J connectivity index is 2.65. The van der Waals surface area contributed by atoms with E-state index in [9.17, 15) is 15.3 Å². The fourth-order valence-corrected chi connectivity index (χ4v) is 3.09. The molecule has 1 N–H and O–H groups in total. The van der Waals surface area contributed by atoms with Crippen molar-refractivity contribution in [1.29, 1.82) is 10.5 Å². The maximum Gasteiger partial charge on any atom is 0.243 e. The van der Waals surface area contributed by atoms with Crippen molar-refractivity contribution in [3.8, 4) is 17.9 Å². The summed E-state index contributed by atoms with van der Waals surface area (Å²) < 4.78 is 5.60. The Hall–Kier alpha value is -2.44. The highest BCUT2D eigenvalue weighted by molar-refractivity contribution is 8.02. The van der Waals surface area contributed by atoms with Crippen molar-refractivity contribution in [1.82, 2.24) is 5.32 Å². The monoisotopic (exact) mass is 313 g/mol. The first kappa shape index (κ1) is 15.9. The summed E-state index contributed by atoms with van der Waals surface area (Å²) in [5.74, 6) is -1.36. The lowest BCUT2D eigenvalue weighted by atomic mass is 9.79. The predicted octanol–water partition coefficient (Wildman–Crippen LogP) is 2.54. The number of para-hydroxylation sites is 1. The van der Waals surface area contributed by atoms with Gasteiger partial charge in [-0.05, 0) is 19.2 Å². The molecular formula is C16H15N3O2S. The van der Waals surface area contributed by atoms with Crippen molar-refractivity contribution in [2.75, 3.05) is 12.9 Å². The third-order valence-corrected chi connectivity index (χ3v) is 4.16. The second kappa shape index (κ2) is 7.02. The maximum absolute atomic E-state index is 12.2. The van der Waals surface area contributed by atoms with Crippen LogP contribution in [0.4, 0.5) is 0 Å². The summed E-state index contributed by atoms with van der Waals surface area (Å²) in [6.45, 7) is 2.33. The highest BCUT2D eigenvalue weighted by atomic mass is 32.2. The van der Waals surface area contributed by atoms with Crippen molar-refractivity contribution < 1.29 is 9.53 Å². The molecule has 1 heterocycles. The predicted molar refractivity (Wildman–Crippen MR) is 83.8 cm³/mol. The Morgan fingerprint density at radius 3 is 2.68 bits per heavy atom. The second-order valence-electron chi connectivity index (χ2n) is 4.60. The summed E-state index contributed by atoms with van der Waals surface area (Å²) >= 11 is 1.29. The van der Waals surface area contributed by atoms with Crippen molar-refractivity contribution >= 4 is 17.7 Å². The number of carbonyl (C=O) groups is 1. The summed E-state index contributed by atoms with van der Waals surface area (Å²) in [5.41, 5.74) is 1.08. The van der Waals surface area contributed by atoms with Crippen LogP contribution in [-0.2, 0) is 4.79 Å². The van der Waals surface area contributed by atoms with Crippen LogP contribution < -0.4 is 10.1 Å². The molecule has 1 amide bonds. The molecule has 1 aliphatic rings. The van der Waals surface area contributed by atoms with E-state index in [0.717, 1.165) is 0 Å². The quantitative estimate of drug-likeness (QED) is 0.923. The molecule has 22 heavy (non-hydrogen) atoms. The second-order valence-corrected chi connectivity index (χ2v) is 5.42. The molecule has 0 aliphatic carbocycles.